The Hall–Kier alpha value is 0.320. The summed E-state index contributed by atoms with van der Waals surface area (Å²) in [5, 5.41) is 27.3. The van der Waals surface area contributed by atoms with Crippen LogP contribution in [0, 0.1) is 0 Å². The number of nitrogens with two attached hydrogens (primary N) is 1. The molecule has 5 heteroatoms. The van der Waals surface area contributed by atoms with Crippen LogP contribution in [0.15, 0.2) is 0 Å². The third kappa shape index (κ3) is 8.22. The van der Waals surface area contributed by atoms with Crippen LogP contribution in [0.2, 0.25) is 0 Å². The van der Waals surface area contributed by atoms with Gasteiger partial charge in [0.05, 0.1) is 6.54 Å². The summed E-state index contributed by atoms with van der Waals surface area (Å²) >= 11 is 0. The maximum Gasteiger partial charge on any atom is 0.335 e. The second-order valence-electron chi connectivity index (χ2n) is 2.38. The average Bonchev–Trinajstić information content (AvgIpc) is 1.89. The normalized spacial score (nSPS) is 10.9. The third-order valence-corrected chi connectivity index (χ3v) is 1.26. The van der Waals surface area contributed by atoms with E-state index in [9.17, 15) is 0 Å². The van der Waals surface area contributed by atoms with Crippen LogP contribution < -0.4 is 22.3 Å². The van der Waals surface area contributed by atoms with E-state index in [1.807, 2.05) is 6.92 Å². The molecule has 0 amide bonds. The van der Waals surface area contributed by atoms with Gasteiger partial charge in [0, 0.05) is 0 Å². The Balaban J connectivity index is 0. The van der Waals surface area contributed by atoms with Crippen molar-refractivity contribution in [2.45, 2.75) is 25.7 Å². The summed E-state index contributed by atoms with van der Waals surface area (Å²) in [6, 6.07) is 0. The van der Waals surface area contributed by atoms with Gasteiger partial charge in [-0.25, -0.2) is 0 Å². The van der Waals surface area contributed by atoms with Gasteiger partial charge in [-0.1, -0.05) is 13.3 Å². The topological polar surface area (TPSA) is 77.3 Å². The monoisotopic (exact) mass is 229 g/mol. The predicted molar refractivity (Wildman–Crippen MR) is 36.0 cm³/mol. The smallest absolute Gasteiger partial charge is 0.335 e. The molecule has 0 radical (unpaired) electrons. The summed E-state index contributed by atoms with van der Waals surface area (Å²) in [5.74, 6) is -1.98. The summed E-state index contributed by atoms with van der Waals surface area (Å²) in [6.45, 7) is 2.02. The Morgan fingerprint density at radius 1 is 1.36 bits per heavy atom. The van der Waals surface area contributed by atoms with E-state index in [0.717, 1.165) is 12.8 Å². The average molecular weight is 230 g/mol. The maximum atomic E-state index is 8.80. The maximum absolute atomic E-state index is 8.80. The molecule has 0 aliphatic rings. The molecule has 0 fully saturated rings. The quantitative estimate of drug-likeness (QED) is 0.282. The largest absolute Gasteiger partial charge is 1.00 e. The molecule has 5 N–H and O–H groups in total. The van der Waals surface area contributed by atoms with Gasteiger partial charge in [-0.2, -0.15) is 0 Å². The van der Waals surface area contributed by atoms with Gasteiger partial charge in [-0.05, 0) is 6.42 Å². The summed E-state index contributed by atoms with van der Waals surface area (Å²) in [4.78, 5) is 0. The standard InChI is InChI=1S/C6H15NO3.BrH/c1-2-3-4-7-6(9,10)5-8;/h7-10H,2-5H2,1H3;1H. The van der Waals surface area contributed by atoms with Crippen molar-refractivity contribution in [2.24, 2.45) is 0 Å². The van der Waals surface area contributed by atoms with Crippen LogP contribution in [0.1, 0.15) is 19.8 Å². The number of halogens is 1. The van der Waals surface area contributed by atoms with Gasteiger partial charge in [-0.3, -0.25) is 5.32 Å². The number of hydrogen-bond acceptors (Lipinski definition) is 3. The minimum absolute atomic E-state index is 0. The molecule has 0 heterocycles. The van der Waals surface area contributed by atoms with Crippen LogP contribution in [-0.2, 0) is 0 Å². The summed E-state index contributed by atoms with van der Waals surface area (Å²) in [6.07, 6.45) is 1.93. The van der Waals surface area contributed by atoms with Gasteiger partial charge in [0.25, 0.3) is 0 Å². The fourth-order valence-corrected chi connectivity index (χ4v) is 0.602. The molecule has 70 valence electrons. The van der Waals surface area contributed by atoms with Crippen molar-refractivity contribution in [2.75, 3.05) is 13.2 Å². The number of quaternary nitrogens is 1. The van der Waals surface area contributed by atoms with Crippen molar-refractivity contribution in [3.63, 3.8) is 0 Å². The van der Waals surface area contributed by atoms with Crippen LogP contribution >= 0.6 is 0 Å². The van der Waals surface area contributed by atoms with Gasteiger partial charge in [0.1, 0.15) is 0 Å². The van der Waals surface area contributed by atoms with Crippen LogP contribution in [-0.4, -0.2) is 34.4 Å². The fourth-order valence-electron chi connectivity index (χ4n) is 0.602. The Bertz CT molecular complexity index is 89.9. The minimum atomic E-state index is -1.98. The molecule has 0 saturated heterocycles. The van der Waals surface area contributed by atoms with Crippen molar-refractivity contribution >= 4 is 0 Å². The Morgan fingerprint density at radius 3 is 2.27 bits per heavy atom. The molecule has 0 aromatic carbocycles. The Morgan fingerprint density at radius 2 is 1.91 bits per heavy atom. The van der Waals surface area contributed by atoms with Crippen molar-refractivity contribution in [3.8, 4) is 0 Å². The van der Waals surface area contributed by atoms with Crippen molar-refractivity contribution < 1.29 is 37.6 Å². The molecule has 0 aromatic rings. The number of unbranched alkanes of at least 4 members (excludes halogenated alkanes) is 1. The van der Waals surface area contributed by atoms with Crippen LogP contribution in [0.4, 0.5) is 0 Å². The highest BCUT2D eigenvalue weighted by Crippen LogP contribution is 1.83. The molecule has 4 nitrogen and oxygen atoms in total. The molecule has 11 heavy (non-hydrogen) atoms. The first-order chi connectivity index (χ1) is 4.62. The van der Waals surface area contributed by atoms with Crippen LogP contribution in [0.5, 0.6) is 0 Å². The lowest BCUT2D eigenvalue weighted by atomic mass is 10.3. The first-order valence-corrected chi connectivity index (χ1v) is 3.52. The highest BCUT2D eigenvalue weighted by Gasteiger charge is 2.24. The molecular weight excluding hydrogens is 214 g/mol. The van der Waals surface area contributed by atoms with Crippen LogP contribution in [0.25, 0.3) is 0 Å². The van der Waals surface area contributed by atoms with Crippen molar-refractivity contribution in [1.29, 1.82) is 0 Å². The Kier molecular flexibility index (Phi) is 8.83. The molecule has 0 unspecified atom stereocenters. The SMILES string of the molecule is CCCC[NH2+]C(O)(O)CO.[Br-]. The number of aliphatic hydroxyl groups is 3. The zero-order chi connectivity index (χ0) is 8.04. The van der Waals surface area contributed by atoms with Gasteiger partial charge in [0.2, 0.25) is 0 Å². The van der Waals surface area contributed by atoms with Crippen LogP contribution in [0.3, 0.4) is 0 Å². The van der Waals surface area contributed by atoms with E-state index in [1.165, 1.54) is 5.32 Å². The lowest BCUT2D eigenvalue weighted by Gasteiger charge is -2.15. The molecule has 0 bridgehead atoms. The van der Waals surface area contributed by atoms with E-state index in [2.05, 4.69) is 0 Å². The fraction of sp³-hybridized carbons (Fsp3) is 1.00. The first-order valence-electron chi connectivity index (χ1n) is 3.52. The number of rotatable bonds is 5. The first kappa shape index (κ1) is 13.9. The minimum Gasteiger partial charge on any atom is -1.00 e. The lowest BCUT2D eigenvalue weighted by Crippen LogP contribution is -3.00. The van der Waals surface area contributed by atoms with E-state index >= 15 is 0 Å². The van der Waals surface area contributed by atoms with E-state index in [4.69, 9.17) is 15.3 Å². The molecule has 0 rings (SSSR count). The summed E-state index contributed by atoms with van der Waals surface area (Å²) in [5.41, 5.74) is 0. The van der Waals surface area contributed by atoms with Crippen molar-refractivity contribution in [1.82, 2.24) is 0 Å². The lowest BCUT2D eigenvalue weighted by molar-refractivity contribution is -0.812. The van der Waals surface area contributed by atoms with E-state index in [0.29, 0.717) is 6.54 Å². The zero-order valence-corrected chi connectivity index (χ0v) is 8.21. The predicted octanol–water partition coefficient (Wildman–Crippen LogP) is -5.02. The van der Waals surface area contributed by atoms with Gasteiger partial charge < -0.3 is 32.3 Å². The van der Waals surface area contributed by atoms with Gasteiger partial charge in [0.15, 0.2) is 6.61 Å². The molecule has 0 aliphatic heterocycles. The van der Waals surface area contributed by atoms with Gasteiger partial charge >= 0.3 is 5.91 Å². The second kappa shape index (κ2) is 7.00. The molecule has 0 saturated carbocycles. The summed E-state index contributed by atoms with van der Waals surface area (Å²) < 4.78 is 0. The second-order valence-corrected chi connectivity index (χ2v) is 2.38. The van der Waals surface area contributed by atoms with E-state index < -0.39 is 12.5 Å². The molecule has 0 aromatic heterocycles. The zero-order valence-electron chi connectivity index (χ0n) is 6.63. The highest BCUT2D eigenvalue weighted by molar-refractivity contribution is 4.38. The molecule has 0 aliphatic carbocycles. The van der Waals surface area contributed by atoms with Gasteiger partial charge in [-0.15, -0.1) is 0 Å². The van der Waals surface area contributed by atoms with E-state index in [1.54, 1.807) is 0 Å². The number of aliphatic hydroxyl groups excluding tert-OH is 1. The Labute approximate surface area is 77.0 Å². The molecular formula is C6H16BrNO3. The van der Waals surface area contributed by atoms with Crippen molar-refractivity contribution in [3.05, 3.63) is 0 Å². The summed E-state index contributed by atoms with van der Waals surface area (Å²) in [7, 11) is 0. The van der Waals surface area contributed by atoms with E-state index in [-0.39, 0.29) is 17.0 Å². The highest BCUT2D eigenvalue weighted by atomic mass is 79.9. The number of hydrogen-bond donors (Lipinski definition) is 4. The third-order valence-electron chi connectivity index (χ3n) is 1.26. The molecule has 0 spiro atoms. The molecule has 0 atom stereocenters.